The van der Waals surface area contributed by atoms with Gasteiger partial charge in [-0.05, 0) is 37.3 Å². The van der Waals surface area contributed by atoms with Crippen molar-refractivity contribution in [2.75, 3.05) is 24.5 Å². The highest BCUT2D eigenvalue weighted by Gasteiger charge is 2.24. The summed E-state index contributed by atoms with van der Waals surface area (Å²) in [5.74, 6) is -0.0298. The Bertz CT molecular complexity index is 1460. The first-order valence-electron chi connectivity index (χ1n) is 10.2. The Morgan fingerprint density at radius 2 is 1.91 bits per heavy atom. The zero-order valence-electron chi connectivity index (χ0n) is 18.6. The van der Waals surface area contributed by atoms with Crippen LogP contribution in [0.25, 0.3) is 22.3 Å². The molecule has 0 saturated carbocycles. The molecule has 2 N–H and O–H groups in total. The van der Waals surface area contributed by atoms with Gasteiger partial charge in [-0.2, -0.15) is 0 Å². The molecule has 2 aromatic carbocycles. The van der Waals surface area contributed by atoms with Gasteiger partial charge in [-0.25, -0.2) is 12.8 Å². The second-order valence-electron chi connectivity index (χ2n) is 7.70. The summed E-state index contributed by atoms with van der Waals surface area (Å²) in [6.07, 6.45) is 1.10. The molecule has 0 radical (unpaired) electrons. The van der Waals surface area contributed by atoms with E-state index in [4.69, 9.17) is 13.7 Å². The van der Waals surface area contributed by atoms with Crippen LogP contribution >= 0.6 is 0 Å². The first kappa shape index (κ1) is 23.3. The van der Waals surface area contributed by atoms with Crippen molar-refractivity contribution in [3.8, 4) is 17.1 Å². The second-order valence-corrected chi connectivity index (χ2v) is 9.84. The number of aromatic nitrogens is 1. The Morgan fingerprint density at radius 1 is 1.18 bits per heavy atom. The van der Waals surface area contributed by atoms with Gasteiger partial charge >= 0.3 is 0 Å². The number of benzene rings is 2. The Kier molecular flexibility index (Phi) is 6.29. The molecule has 2 aromatic heterocycles. The number of amides is 1. The van der Waals surface area contributed by atoms with Crippen molar-refractivity contribution in [3.05, 3.63) is 65.3 Å². The van der Waals surface area contributed by atoms with E-state index in [1.54, 1.807) is 25.1 Å². The van der Waals surface area contributed by atoms with E-state index in [1.807, 2.05) is 0 Å². The van der Waals surface area contributed by atoms with Crippen LogP contribution in [0.15, 0.2) is 51.4 Å². The van der Waals surface area contributed by atoms with Crippen LogP contribution in [-0.4, -0.2) is 38.7 Å². The molecule has 4 aromatic rings. The van der Waals surface area contributed by atoms with Crippen LogP contribution in [0.5, 0.6) is 5.75 Å². The highest BCUT2D eigenvalue weighted by Crippen LogP contribution is 2.39. The standard InChI is InChI=1S/C23H22FN3O6S/c1-13-8-16(27-33-13)11-31-20-9-17-19(10-18(20)26-12-34(3,29)30)32-22(21(17)23(28)25-2)14-4-6-15(24)7-5-14/h4-10,26H,11-12H2,1-3H3,(H,25,28). The zero-order chi connectivity index (χ0) is 24.5. The van der Waals surface area contributed by atoms with E-state index in [2.05, 4.69) is 15.8 Å². The van der Waals surface area contributed by atoms with E-state index < -0.39 is 21.6 Å². The lowest BCUT2D eigenvalue weighted by Crippen LogP contribution is -2.18. The molecule has 0 fully saturated rings. The van der Waals surface area contributed by atoms with Crippen LogP contribution in [0.4, 0.5) is 10.1 Å². The first-order chi connectivity index (χ1) is 16.1. The summed E-state index contributed by atoms with van der Waals surface area (Å²) in [7, 11) is -1.86. The summed E-state index contributed by atoms with van der Waals surface area (Å²) < 4.78 is 53.8. The molecule has 0 aliphatic carbocycles. The maximum atomic E-state index is 13.4. The van der Waals surface area contributed by atoms with Crippen molar-refractivity contribution in [3.63, 3.8) is 0 Å². The minimum atomic E-state index is -3.35. The van der Waals surface area contributed by atoms with Gasteiger partial charge in [0, 0.05) is 36.4 Å². The highest BCUT2D eigenvalue weighted by atomic mass is 32.2. The summed E-state index contributed by atoms with van der Waals surface area (Å²) in [6.45, 7) is 1.80. The molecule has 4 rings (SSSR count). The highest BCUT2D eigenvalue weighted by molar-refractivity contribution is 7.90. The molecule has 178 valence electrons. The lowest BCUT2D eigenvalue weighted by atomic mass is 10.0. The van der Waals surface area contributed by atoms with Gasteiger partial charge in [-0.3, -0.25) is 4.79 Å². The Labute approximate surface area is 194 Å². The number of nitrogens with one attached hydrogen (secondary N) is 2. The van der Waals surface area contributed by atoms with Crippen LogP contribution in [0, 0.1) is 12.7 Å². The van der Waals surface area contributed by atoms with Crippen LogP contribution in [0.3, 0.4) is 0 Å². The molecule has 0 atom stereocenters. The van der Waals surface area contributed by atoms with Crippen molar-refractivity contribution in [2.45, 2.75) is 13.5 Å². The van der Waals surface area contributed by atoms with E-state index in [1.165, 1.54) is 31.3 Å². The van der Waals surface area contributed by atoms with Crippen LogP contribution in [0.2, 0.25) is 0 Å². The van der Waals surface area contributed by atoms with Crippen molar-refractivity contribution >= 4 is 32.4 Å². The summed E-state index contributed by atoms with van der Waals surface area (Å²) in [6, 6.07) is 10.4. The number of anilines is 1. The van der Waals surface area contributed by atoms with Crippen molar-refractivity contribution in [2.24, 2.45) is 0 Å². The van der Waals surface area contributed by atoms with Crippen molar-refractivity contribution in [1.82, 2.24) is 10.5 Å². The topological polar surface area (TPSA) is 124 Å². The molecule has 1 amide bonds. The predicted molar refractivity (Wildman–Crippen MR) is 124 cm³/mol. The van der Waals surface area contributed by atoms with Gasteiger partial charge in [0.25, 0.3) is 5.91 Å². The lowest BCUT2D eigenvalue weighted by Gasteiger charge is -2.12. The molecule has 0 bridgehead atoms. The van der Waals surface area contributed by atoms with Gasteiger partial charge in [0.2, 0.25) is 0 Å². The van der Waals surface area contributed by atoms with E-state index in [0.29, 0.717) is 33.7 Å². The van der Waals surface area contributed by atoms with E-state index in [-0.39, 0.29) is 29.6 Å². The number of aryl methyl sites for hydroxylation is 1. The quantitative estimate of drug-likeness (QED) is 0.384. The second kappa shape index (κ2) is 9.18. The molecule has 0 aliphatic heterocycles. The average Bonchev–Trinajstić information content (AvgIpc) is 3.38. The molecule has 0 unspecified atom stereocenters. The van der Waals surface area contributed by atoms with E-state index in [0.717, 1.165) is 6.26 Å². The molecule has 0 saturated heterocycles. The number of furan rings is 1. The number of carbonyl (C=O) groups excluding carboxylic acids is 1. The third kappa shape index (κ3) is 5.04. The van der Waals surface area contributed by atoms with Gasteiger partial charge in [0.1, 0.15) is 46.8 Å². The van der Waals surface area contributed by atoms with Crippen LogP contribution in [-0.2, 0) is 16.4 Å². The predicted octanol–water partition coefficient (Wildman–Crippen LogP) is 3.89. The fourth-order valence-electron chi connectivity index (χ4n) is 3.38. The normalized spacial score (nSPS) is 11.5. The number of sulfone groups is 1. The molecule has 11 heteroatoms. The monoisotopic (exact) mass is 487 g/mol. The number of rotatable bonds is 8. The number of halogens is 1. The van der Waals surface area contributed by atoms with Crippen LogP contribution in [0.1, 0.15) is 21.8 Å². The van der Waals surface area contributed by atoms with Gasteiger partial charge in [-0.1, -0.05) is 5.16 Å². The number of ether oxygens (including phenoxy) is 1. The SMILES string of the molecule is CNC(=O)c1c(-c2ccc(F)cc2)oc2cc(NCS(C)(=O)=O)c(OCc3cc(C)on3)cc12. The molecular formula is C23H22FN3O6S. The average molecular weight is 488 g/mol. The Hall–Kier alpha value is -3.86. The number of fused-ring (bicyclic) bond motifs is 1. The molecule has 9 nitrogen and oxygen atoms in total. The third-order valence-electron chi connectivity index (χ3n) is 4.93. The minimum Gasteiger partial charge on any atom is -0.485 e. The Balaban J connectivity index is 1.84. The first-order valence-corrected chi connectivity index (χ1v) is 12.3. The summed E-state index contributed by atoms with van der Waals surface area (Å²) in [5.41, 5.74) is 1.94. The van der Waals surface area contributed by atoms with E-state index >= 15 is 0 Å². The molecular weight excluding hydrogens is 465 g/mol. The molecule has 34 heavy (non-hydrogen) atoms. The summed E-state index contributed by atoms with van der Waals surface area (Å²) >= 11 is 0. The molecule has 0 aliphatic rings. The van der Waals surface area contributed by atoms with Gasteiger partial charge in [0.15, 0.2) is 9.84 Å². The fraction of sp³-hybridized carbons (Fsp3) is 0.217. The zero-order valence-corrected chi connectivity index (χ0v) is 19.5. The fourth-order valence-corrected chi connectivity index (χ4v) is 3.80. The largest absolute Gasteiger partial charge is 0.485 e. The number of hydrogen-bond acceptors (Lipinski definition) is 8. The number of nitrogens with zero attached hydrogens (tertiary/aromatic N) is 1. The maximum absolute atomic E-state index is 13.4. The number of carbonyl (C=O) groups is 1. The third-order valence-corrected chi connectivity index (χ3v) is 5.60. The smallest absolute Gasteiger partial charge is 0.255 e. The van der Waals surface area contributed by atoms with Crippen molar-refractivity contribution in [1.29, 1.82) is 0 Å². The molecule has 0 spiro atoms. The van der Waals surface area contributed by atoms with Crippen molar-refractivity contribution < 1.29 is 31.3 Å². The van der Waals surface area contributed by atoms with Gasteiger partial charge in [-0.15, -0.1) is 0 Å². The lowest BCUT2D eigenvalue weighted by molar-refractivity contribution is 0.0964. The summed E-state index contributed by atoms with van der Waals surface area (Å²) in [4.78, 5) is 12.8. The Morgan fingerprint density at radius 3 is 2.53 bits per heavy atom. The summed E-state index contributed by atoms with van der Waals surface area (Å²) in [5, 5.41) is 9.76. The van der Waals surface area contributed by atoms with E-state index in [9.17, 15) is 17.6 Å². The minimum absolute atomic E-state index is 0.0500. The van der Waals surface area contributed by atoms with Crippen LogP contribution < -0.4 is 15.4 Å². The molecule has 2 heterocycles. The maximum Gasteiger partial charge on any atom is 0.255 e. The van der Waals surface area contributed by atoms with Gasteiger partial charge < -0.3 is 24.3 Å². The van der Waals surface area contributed by atoms with Gasteiger partial charge in [0.05, 0.1) is 11.3 Å². The number of hydrogen-bond donors (Lipinski definition) is 2.